The number of pyridine rings is 1. The van der Waals surface area contributed by atoms with Crippen LogP contribution >= 0.6 is 11.8 Å². The minimum Gasteiger partial charge on any atom is -0.497 e. The topological polar surface area (TPSA) is 100.0 Å². The summed E-state index contributed by atoms with van der Waals surface area (Å²) in [6.07, 6.45) is 3.35. The van der Waals surface area contributed by atoms with Crippen LogP contribution in [0.3, 0.4) is 0 Å². The highest BCUT2D eigenvalue weighted by Crippen LogP contribution is 2.35. The predicted octanol–water partition coefficient (Wildman–Crippen LogP) is 4.04. The number of rotatable bonds is 6. The van der Waals surface area contributed by atoms with Crippen LogP contribution in [0.15, 0.2) is 62.8 Å². The van der Waals surface area contributed by atoms with E-state index in [-0.39, 0.29) is 5.25 Å². The molecule has 0 N–H and O–H groups in total. The third-order valence-corrected chi connectivity index (χ3v) is 4.66. The highest BCUT2D eigenvalue weighted by Gasteiger charge is 2.20. The van der Waals surface area contributed by atoms with Gasteiger partial charge in [0.1, 0.15) is 5.75 Å². The van der Waals surface area contributed by atoms with Gasteiger partial charge < -0.3 is 13.6 Å². The van der Waals surface area contributed by atoms with Crippen LogP contribution in [0.25, 0.3) is 22.9 Å². The normalized spacial score (nSPS) is 12.1. The Balaban J connectivity index is 1.46. The minimum atomic E-state index is -0.143. The van der Waals surface area contributed by atoms with E-state index in [0.717, 1.165) is 16.9 Å². The van der Waals surface area contributed by atoms with E-state index in [0.29, 0.717) is 22.9 Å². The second kappa shape index (κ2) is 7.58. The van der Waals surface area contributed by atoms with Crippen LogP contribution in [-0.2, 0) is 0 Å². The van der Waals surface area contributed by atoms with Crippen molar-refractivity contribution in [1.82, 2.24) is 25.4 Å². The molecule has 0 saturated heterocycles. The third-order valence-electron chi connectivity index (χ3n) is 3.74. The Kier molecular flexibility index (Phi) is 4.84. The standard InChI is InChI=1S/C18H15N5O3S/c1-11(27-18-23-22-17(26-18)13-7-9-19-10-8-13)15-20-21-16(25-15)12-3-5-14(24-2)6-4-12/h3-11H,1-2H3. The average Bonchev–Trinajstić information content (AvgIpc) is 3.39. The summed E-state index contributed by atoms with van der Waals surface area (Å²) in [6.45, 7) is 1.94. The molecule has 0 spiro atoms. The summed E-state index contributed by atoms with van der Waals surface area (Å²) in [4.78, 5) is 3.97. The number of nitrogens with zero attached hydrogens (tertiary/aromatic N) is 5. The summed E-state index contributed by atoms with van der Waals surface area (Å²) in [6, 6.07) is 11.0. The maximum atomic E-state index is 5.79. The fourth-order valence-electron chi connectivity index (χ4n) is 2.32. The first kappa shape index (κ1) is 17.2. The minimum absolute atomic E-state index is 0.143. The second-order valence-electron chi connectivity index (χ2n) is 5.54. The molecule has 1 unspecified atom stereocenters. The summed E-state index contributed by atoms with van der Waals surface area (Å²) in [7, 11) is 1.62. The van der Waals surface area contributed by atoms with Gasteiger partial charge >= 0.3 is 0 Å². The van der Waals surface area contributed by atoms with E-state index in [4.69, 9.17) is 13.6 Å². The van der Waals surface area contributed by atoms with E-state index >= 15 is 0 Å². The van der Waals surface area contributed by atoms with Crippen molar-refractivity contribution in [1.29, 1.82) is 0 Å². The Morgan fingerprint density at radius 2 is 1.52 bits per heavy atom. The van der Waals surface area contributed by atoms with Crippen molar-refractivity contribution in [3.8, 4) is 28.7 Å². The van der Waals surface area contributed by atoms with Gasteiger partial charge in [-0.1, -0.05) is 11.8 Å². The van der Waals surface area contributed by atoms with Gasteiger partial charge in [0.2, 0.25) is 17.7 Å². The Bertz CT molecular complexity index is 1020. The van der Waals surface area contributed by atoms with Gasteiger partial charge in [0.05, 0.1) is 12.4 Å². The third kappa shape index (κ3) is 3.82. The van der Waals surface area contributed by atoms with Gasteiger partial charge in [-0.15, -0.1) is 20.4 Å². The van der Waals surface area contributed by atoms with Crippen molar-refractivity contribution >= 4 is 11.8 Å². The number of aromatic nitrogens is 5. The molecule has 4 aromatic rings. The van der Waals surface area contributed by atoms with Gasteiger partial charge in [0.25, 0.3) is 5.22 Å². The monoisotopic (exact) mass is 381 g/mol. The Hall–Kier alpha value is -3.20. The first-order valence-electron chi connectivity index (χ1n) is 8.11. The van der Waals surface area contributed by atoms with Gasteiger partial charge in [-0.2, -0.15) is 0 Å². The van der Waals surface area contributed by atoms with Crippen molar-refractivity contribution in [2.45, 2.75) is 17.4 Å². The van der Waals surface area contributed by atoms with Gasteiger partial charge in [0.15, 0.2) is 0 Å². The molecule has 0 fully saturated rings. The molecule has 0 saturated carbocycles. The molecule has 0 aliphatic rings. The fraction of sp³-hybridized carbons (Fsp3) is 0.167. The molecule has 1 aromatic carbocycles. The molecular weight excluding hydrogens is 366 g/mol. The van der Waals surface area contributed by atoms with E-state index in [1.807, 2.05) is 43.3 Å². The van der Waals surface area contributed by atoms with E-state index in [2.05, 4.69) is 25.4 Å². The number of ether oxygens (including phenoxy) is 1. The van der Waals surface area contributed by atoms with Crippen LogP contribution in [0.1, 0.15) is 18.1 Å². The van der Waals surface area contributed by atoms with Crippen LogP contribution in [0.2, 0.25) is 0 Å². The second-order valence-corrected chi connectivity index (χ2v) is 6.84. The molecule has 3 aromatic heterocycles. The van der Waals surface area contributed by atoms with Crippen molar-refractivity contribution < 1.29 is 13.6 Å². The van der Waals surface area contributed by atoms with E-state index in [1.165, 1.54) is 11.8 Å². The molecule has 0 aliphatic heterocycles. The zero-order valence-electron chi connectivity index (χ0n) is 14.6. The zero-order valence-corrected chi connectivity index (χ0v) is 15.4. The molecule has 0 bridgehead atoms. The molecule has 0 radical (unpaired) electrons. The summed E-state index contributed by atoms with van der Waals surface area (Å²) in [5.74, 6) is 2.14. The summed E-state index contributed by atoms with van der Waals surface area (Å²) in [5.41, 5.74) is 1.64. The first-order valence-corrected chi connectivity index (χ1v) is 8.99. The lowest BCUT2D eigenvalue weighted by Gasteiger charge is -2.02. The molecule has 136 valence electrons. The lowest BCUT2D eigenvalue weighted by Crippen LogP contribution is -1.88. The summed E-state index contributed by atoms with van der Waals surface area (Å²) < 4.78 is 16.6. The van der Waals surface area contributed by atoms with Gasteiger partial charge in [-0.25, -0.2) is 0 Å². The zero-order chi connectivity index (χ0) is 18.6. The Labute approximate surface area is 159 Å². The molecule has 8 nitrogen and oxygen atoms in total. The largest absolute Gasteiger partial charge is 0.497 e. The molecule has 4 rings (SSSR count). The highest BCUT2D eigenvalue weighted by molar-refractivity contribution is 7.99. The van der Waals surface area contributed by atoms with E-state index in [9.17, 15) is 0 Å². The molecule has 1 atom stereocenters. The summed E-state index contributed by atoms with van der Waals surface area (Å²) in [5, 5.41) is 16.7. The molecule has 0 amide bonds. The Morgan fingerprint density at radius 3 is 2.26 bits per heavy atom. The number of hydrogen-bond donors (Lipinski definition) is 0. The molecule has 3 heterocycles. The van der Waals surface area contributed by atoms with Crippen LogP contribution in [0, 0.1) is 0 Å². The SMILES string of the molecule is COc1ccc(-c2nnc(C(C)Sc3nnc(-c4ccncc4)o3)o2)cc1. The number of hydrogen-bond acceptors (Lipinski definition) is 9. The molecule has 27 heavy (non-hydrogen) atoms. The lowest BCUT2D eigenvalue weighted by atomic mass is 10.2. The predicted molar refractivity (Wildman–Crippen MR) is 98.1 cm³/mol. The van der Waals surface area contributed by atoms with Gasteiger partial charge in [0, 0.05) is 23.5 Å². The number of benzene rings is 1. The van der Waals surface area contributed by atoms with Crippen LogP contribution < -0.4 is 4.74 Å². The van der Waals surface area contributed by atoms with E-state index < -0.39 is 0 Å². The Morgan fingerprint density at radius 1 is 0.852 bits per heavy atom. The van der Waals surface area contributed by atoms with Crippen LogP contribution in [0.4, 0.5) is 0 Å². The van der Waals surface area contributed by atoms with Crippen LogP contribution in [0.5, 0.6) is 5.75 Å². The van der Waals surface area contributed by atoms with E-state index in [1.54, 1.807) is 19.5 Å². The quantitative estimate of drug-likeness (QED) is 0.458. The maximum absolute atomic E-state index is 5.79. The van der Waals surface area contributed by atoms with Crippen molar-refractivity contribution in [3.63, 3.8) is 0 Å². The molecular formula is C18H15N5O3S. The van der Waals surface area contributed by atoms with Crippen molar-refractivity contribution in [3.05, 3.63) is 54.7 Å². The van der Waals surface area contributed by atoms with Gasteiger partial charge in [-0.05, 0) is 43.3 Å². The van der Waals surface area contributed by atoms with Crippen LogP contribution in [-0.4, -0.2) is 32.5 Å². The first-order chi connectivity index (χ1) is 13.2. The maximum Gasteiger partial charge on any atom is 0.277 e. The number of methoxy groups -OCH3 is 1. The van der Waals surface area contributed by atoms with Gasteiger partial charge in [-0.3, -0.25) is 4.98 Å². The van der Waals surface area contributed by atoms with Crippen molar-refractivity contribution in [2.75, 3.05) is 7.11 Å². The average molecular weight is 381 g/mol. The lowest BCUT2D eigenvalue weighted by molar-refractivity contribution is 0.415. The smallest absolute Gasteiger partial charge is 0.277 e. The van der Waals surface area contributed by atoms with Crippen molar-refractivity contribution in [2.24, 2.45) is 0 Å². The number of thioether (sulfide) groups is 1. The fourth-order valence-corrected chi connectivity index (χ4v) is 3.03. The molecule has 0 aliphatic carbocycles. The summed E-state index contributed by atoms with van der Waals surface area (Å²) >= 11 is 1.35. The molecule has 9 heteroatoms. The highest BCUT2D eigenvalue weighted by atomic mass is 32.2.